The number of rotatable bonds is 4. The molecule has 0 fully saturated rings. The van der Waals surface area contributed by atoms with Gasteiger partial charge in [0.15, 0.2) is 7.33 Å². The Kier molecular flexibility index (Phi) is 5.44. The van der Waals surface area contributed by atoms with Crippen LogP contribution in [0.4, 0.5) is 0 Å². The van der Waals surface area contributed by atoms with Crippen LogP contribution in [0, 0.1) is 13.8 Å². The van der Waals surface area contributed by atoms with E-state index in [-0.39, 0.29) is 0 Å². The standard InChI is InChI=1S/C16H14Cl4S/c1-11-3-7-13(8-4-11)15(17,18)21-16(19,20)14-9-5-12(2)6-10-14/h3-10H,1-2H3. The van der Waals surface area contributed by atoms with Crippen molar-refractivity contribution >= 4 is 58.2 Å². The van der Waals surface area contributed by atoms with Gasteiger partial charge in [-0.2, -0.15) is 0 Å². The molecule has 0 saturated carbocycles. The first kappa shape index (κ1) is 17.3. The summed E-state index contributed by atoms with van der Waals surface area (Å²) in [7, 11) is 0. The molecular formula is C16H14Cl4S. The van der Waals surface area contributed by atoms with Crippen LogP contribution in [0.15, 0.2) is 48.5 Å². The highest BCUT2D eigenvalue weighted by molar-refractivity contribution is 8.05. The van der Waals surface area contributed by atoms with E-state index in [1.165, 1.54) is 0 Å². The van der Waals surface area contributed by atoms with E-state index < -0.39 is 7.33 Å². The third kappa shape index (κ3) is 4.46. The Morgan fingerprint density at radius 2 is 0.905 bits per heavy atom. The zero-order chi connectivity index (χ0) is 15.7. The Balaban J connectivity index is 2.25. The summed E-state index contributed by atoms with van der Waals surface area (Å²) >= 11 is 26.8. The molecule has 2 rings (SSSR count). The second kappa shape index (κ2) is 6.60. The van der Waals surface area contributed by atoms with Crippen LogP contribution in [0.5, 0.6) is 0 Å². The van der Waals surface area contributed by atoms with Crippen molar-refractivity contribution in [3.05, 3.63) is 70.8 Å². The number of halogens is 4. The summed E-state index contributed by atoms with van der Waals surface area (Å²) < 4.78 is -2.47. The van der Waals surface area contributed by atoms with Gasteiger partial charge in [0.2, 0.25) is 0 Å². The molecule has 0 nitrogen and oxygen atoms in total. The lowest BCUT2D eigenvalue weighted by molar-refractivity contribution is 1.18. The van der Waals surface area contributed by atoms with Crippen molar-refractivity contribution in [2.75, 3.05) is 0 Å². The van der Waals surface area contributed by atoms with Crippen LogP contribution in [0.1, 0.15) is 22.3 Å². The normalized spacial score (nSPS) is 12.5. The predicted octanol–water partition coefficient (Wildman–Crippen LogP) is 6.91. The molecule has 0 N–H and O–H groups in total. The molecule has 0 unspecified atom stereocenters. The van der Waals surface area contributed by atoms with Gasteiger partial charge in [-0.1, -0.05) is 118 Å². The summed E-state index contributed by atoms with van der Waals surface area (Å²) in [4.78, 5) is 0. The number of aryl methyl sites for hydroxylation is 2. The fourth-order valence-electron chi connectivity index (χ4n) is 1.77. The Hall–Kier alpha value is -0.0500. The molecule has 21 heavy (non-hydrogen) atoms. The van der Waals surface area contributed by atoms with E-state index in [4.69, 9.17) is 46.4 Å². The molecule has 2 aromatic carbocycles. The molecule has 0 amide bonds. The van der Waals surface area contributed by atoms with Crippen molar-refractivity contribution in [1.82, 2.24) is 0 Å². The lowest BCUT2D eigenvalue weighted by Crippen LogP contribution is -2.15. The molecule has 0 aliphatic heterocycles. The van der Waals surface area contributed by atoms with Gasteiger partial charge in [-0.3, -0.25) is 0 Å². The highest BCUT2D eigenvalue weighted by atomic mass is 35.5. The van der Waals surface area contributed by atoms with E-state index in [1.54, 1.807) is 0 Å². The maximum absolute atomic E-state index is 6.44. The van der Waals surface area contributed by atoms with Gasteiger partial charge in [0.05, 0.1) is 0 Å². The van der Waals surface area contributed by atoms with E-state index in [0.29, 0.717) is 0 Å². The van der Waals surface area contributed by atoms with E-state index in [9.17, 15) is 0 Å². The molecule has 0 bridgehead atoms. The molecule has 0 saturated heterocycles. The van der Waals surface area contributed by atoms with E-state index in [1.807, 2.05) is 62.4 Å². The van der Waals surface area contributed by atoms with E-state index in [2.05, 4.69) is 0 Å². The number of thioether (sulfide) groups is 1. The summed E-state index contributed by atoms with van der Waals surface area (Å²) in [5, 5.41) is 0. The fourth-order valence-corrected chi connectivity index (χ4v) is 4.97. The zero-order valence-electron chi connectivity index (χ0n) is 11.5. The van der Waals surface area contributed by atoms with Gasteiger partial charge in [0.1, 0.15) is 0 Å². The number of benzene rings is 2. The molecule has 0 aliphatic rings. The van der Waals surface area contributed by atoms with Gasteiger partial charge in [-0.15, -0.1) is 0 Å². The first-order valence-corrected chi connectivity index (χ1v) is 8.64. The molecule has 0 spiro atoms. The van der Waals surface area contributed by atoms with Crippen LogP contribution in [-0.2, 0) is 7.33 Å². The Bertz CT molecular complexity index is 548. The molecule has 0 heterocycles. The van der Waals surface area contributed by atoms with Crippen molar-refractivity contribution in [3.63, 3.8) is 0 Å². The van der Waals surface area contributed by atoms with Crippen molar-refractivity contribution in [2.45, 2.75) is 21.2 Å². The van der Waals surface area contributed by atoms with Crippen molar-refractivity contribution in [2.24, 2.45) is 0 Å². The topological polar surface area (TPSA) is 0 Å². The maximum atomic E-state index is 6.44. The molecule has 5 heteroatoms. The first-order valence-electron chi connectivity index (χ1n) is 6.31. The van der Waals surface area contributed by atoms with Gasteiger partial charge in [0.25, 0.3) is 0 Å². The van der Waals surface area contributed by atoms with Crippen LogP contribution < -0.4 is 0 Å². The minimum atomic E-state index is -1.23. The van der Waals surface area contributed by atoms with Gasteiger partial charge < -0.3 is 0 Å². The largest absolute Gasteiger partial charge is 0.191 e. The van der Waals surface area contributed by atoms with E-state index >= 15 is 0 Å². The smallest absolute Gasteiger partial charge is 0.0839 e. The minimum absolute atomic E-state index is 0.749. The minimum Gasteiger partial charge on any atom is -0.0839 e. The van der Waals surface area contributed by atoms with Gasteiger partial charge in [0, 0.05) is 0 Å². The molecule has 0 atom stereocenters. The second-order valence-corrected chi connectivity index (χ2v) is 9.85. The SMILES string of the molecule is Cc1ccc(C(Cl)(Cl)SC(Cl)(Cl)c2ccc(C)cc2)cc1. The highest BCUT2D eigenvalue weighted by Gasteiger charge is 2.40. The van der Waals surface area contributed by atoms with Gasteiger partial charge in [-0.05, 0) is 25.0 Å². The maximum Gasteiger partial charge on any atom is 0.191 e. The lowest BCUT2D eigenvalue weighted by atomic mass is 10.2. The zero-order valence-corrected chi connectivity index (χ0v) is 15.4. The Morgan fingerprint density at radius 3 is 1.19 bits per heavy atom. The molecule has 0 aliphatic carbocycles. The van der Waals surface area contributed by atoms with E-state index in [0.717, 1.165) is 34.0 Å². The molecule has 0 radical (unpaired) electrons. The highest BCUT2D eigenvalue weighted by Crippen LogP contribution is 2.58. The average molecular weight is 380 g/mol. The summed E-state index contributed by atoms with van der Waals surface area (Å²) in [6, 6.07) is 15.3. The quantitative estimate of drug-likeness (QED) is 0.519. The summed E-state index contributed by atoms with van der Waals surface area (Å²) in [6.45, 7) is 4.00. The fraction of sp³-hybridized carbons (Fsp3) is 0.250. The van der Waals surface area contributed by atoms with Crippen LogP contribution in [-0.4, -0.2) is 0 Å². The van der Waals surface area contributed by atoms with Crippen LogP contribution in [0.2, 0.25) is 0 Å². The molecular weight excluding hydrogens is 366 g/mol. The Labute approximate surface area is 149 Å². The molecule has 0 aromatic heterocycles. The summed E-state index contributed by atoms with van der Waals surface area (Å²) in [5.41, 5.74) is 3.77. The molecule has 2 aromatic rings. The van der Waals surface area contributed by atoms with Crippen LogP contribution in [0.3, 0.4) is 0 Å². The first-order chi connectivity index (χ1) is 9.71. The second-order valence-electron chi connectivity index (χ2n) is 4.87. The summed E-state index contributed by atoms with van der Waals surface area (Å²) in [6.07, 6.45) is 0. The van der Waals surface area contributed by atoms with Gasteiger partial charge in [-0.25, -0.2) is 0 Å². The number of hydrogen-bond donors (Lipinski definition) is 0. The third-order valence-corrected chi connectivity index (χ3v) is 5.81. The Morgan fingerprint density at radius 1 is 0.619 bits per heavy atom. The van der Waals surface area contributed by atoms with Crippen LogP contribution >= 0.6 is 58.2 Å². The monoisotopic (exact) mass is 378 g/mol. The van der Waals surface area contributed by atoms with Gasteiger partial charge >= 0.3 is 0 Å². The third-order valence-electron chi connectivity index (χ3n) is 3.03. The van der Waals surface area contributed by atoms with Crippen molar-refractivity contribution < 1.29 is 0 Å². The molecule has 112 valence electrons. The lowest BCUT2D eigenvalue weighted by Gasteiger charge is -2.28. The number of hydrogen-bond acceptors (Lipinski definition) is 1. The van der Waals surface area contributed by atoms with Crippen molar-refractivity contribution in [1.29, 1.82) is 0 Å². The average Bonchev–Trinajstić information content (AvgIpc) is 2.38. The number of alkyl halides is 4. The summed E-state index contributed by atoms with van der Waals surface area (Å²) in [5.74, 6) is 0. The van der Waals surface area contributed by atoms with Crippen LogP contribution in [0.25, 0.3) is 0 Å². The van der Waals surface area contributed by atoms with Crippen molar-refractivity contribution in [3.8, 4) is 0 Å². The predicted molar refractivity (Wildman–Crippen MR) is 96.7 cm³/mol.